The molecule has 1 amide bonds. The largest absolute Gasteiger partial charge is 0.396 e. The zero-order valence-electron chi connectivity index (χ0n) is 11.8. The number of hydrogen-bond acceptors (Lipinski definition) is 5. The van der Waals surface area contributed by atoms with Crippen LogP contribution in [0.25, 0.3) is 0 Å². The molecule has 3 N–H and O–H groups in total. The number of carbonyl (C=O) groups is 1. The number of hydrogen-bond donors (Lipinski definition) is 2. The van der Waals surface area contributed by atoms with Gasteiger partial charge in [-0.25, -0.2) is 0 Å². The standard InChI is InChI=1S/C13H20N4OS/c1-8(2)5-6-17(4)13-9(7-14)10(15)11(19-13)12(18)16-3/h8H,5-6,15H2,1-4H3,(H,16,18). The number of nitriles is 1. The molecule has 0 bridgehead atoms. The van der Waals surface area contributed by atoms with E-state index < -0.39 is 0 Å². The highest BCUT2D eigenvalue weighted by Gasteiger charge is 2.22. The van der Waals surface area contributed by atoms with E-state index in [4.69, 9.17) is 5.73 Å². The Balaban J connectivity index is 3.07. The first-order valence-corrected chi connectivity index (χ1v) is 6.99. The molecule has 0 aliphatic heterocycles. The van der Waals surface area contributed by atoms with Gasteiger partial charge < -0.3 is 16.0 Å². The van der Waals surface area contributed by atoms with Crippen molar-refractivity contribution in [3.8, 4) is 6.07 Å². The first kappa shape index (κ1) is 15.3. The lowest BCUT2D eigenvalue weighted by Gasteiger charge is -2.18. The normalized spacial score (nSPS) is 10.3. The van der Waals surface area contributed by atoms with Gasteiger partial charge in [0.25, 0.3) is 5.91 Å². The molecule has 1 aromatic heterocycles. The molecule has 6 heteroatoms. The minimum atomic E-state index is -0.248. The third-order valence-electron chi connectivity index (χ3n) is 2.86. The Hall–Kier alpha value is -1.74. The molecular weight excluding hydrogens is 260 g/mol. The van der Waals surface area contributed by atoms with E-state index in [0.717, 1.165) is 18.0 Å². The number of thiophene rings is 1. The Morgan fingerprint density at radius 3 is 2.68 bits per heavy atom. The minimum Gasteiger partial charge on any atom is -0.396 e. The molecular formula is C13H20N4OS. The highest BCUT2D eigenvalue weighted by molar-refractivity contribution is 7.19. The van der Waals surface area contributed by atoms with Gasteiger partial charge in [0, 0.05) is 20.6 Å². The maximum absolute atomic E-state index is 11.7. The van der Waals surface area contributed by atoms with Crippen molar-refractivity contribution in [2.24, 2.45) is 5.92 Å². The number of nitrogens with one attached hydrogen (secondary N) is 1. The summed E-state index contributed by atoms with van der Waals surface area (Å²) < 4.78 is 0. The number of nitrogens with zero attached hydrogens (tertiary/aromatic N) is 2. The zero-order chi connectivity index (χ0) is 14.6. The van der Waals surface area contributed by atoms with Gasteiger partial charge in [0.1, 0.15) is 21.5 Å². The number of amides is 1. The van der Waals surface area contributed by atoms with Crippen LogP contribution in [0.2, 0.25) is 0 Å². The summed E-state index contributed by atoms with van der Waals surface area (Å²) in [5.41, 5.74) is 6.56. The summed E-state index contributed by atoms with van der Waals surface area (Å²) in [6, 6.07) is 2.10. The Morgan fingerprint density at radius 2 is 2.21 bits per heavy atom. The van der Waals surface area contributed by atoms with Gasteiger partial charge in [-0.15, -0.1) is 11.3 Å². The van der Waals surface area contributed by atoms with Crippen LogP contribution in [0.4, 0.5) is 10.7 Å². The molecule has 5 nitrogen and oxygen atoms in total. The number of nitrogen functional groups attached to an aromatic ring is 1. The van der Waals surface area contributed by atoms with Crippen molar-refractivity contribution in [3.05, 3.63) is 10.4 Å². The lowest BCUT2D eigenvalue weighted by Crippen LogP contribution is -2.19. The van der Waals surface area contributed by atoms with Crippen LogP contribution in [0.15, 0.2) is 0 Å². The first-order chi connectivity index (χ1) is 8.92. The molecule has 0 spiro atoms. The van der Waals surface area contributed by atoms with Gasteiger partial charge in [-0.3, -0.25) is 4.79 Å². The second kappa shape index (κ2) is 6.43. The smallest absolute Gasteiger partial charge is 0.263 e. The summed E-state index contributed by atoms with van der Waals surface area (Å²) in [5.74, 6) is 0.339. The third kappa shape index (κ3) is 3.38. The molecule has 19 heavy (non-hydrogen) atoms. The van der Waals surface area contributed by atoms with Crippen molar-refractivity contribution in [2.45, 2.75) is 20.3 Å². The molecule has 0 radical (unpaired) electrons. The van der Waals surface area contributed by atoms with Crippen molar-refractivity contribution < 1.29 is 4.79 Å². The van der Waals surface area contributed by atoms with E-state index in [1.54, 1.807) is 7.05 Å². The number of anilines is 2. The fourth-order valence-corrected chi connectivity index (χ4v) is 2.75. The molecule has 0 fully saturated rings. The topological polar surface area (TPSA) is 82.2 Å². The highest BCUT2D eigenvalue weighted by Crippen LogP contribution is 2.37. The summed E-state index contributed by atoms with van der Waals surface area (Å²) in [5, 5.41) is 12.5. The monoisotopic (exact) mass is 280 g/mol. The number of nitrogens with two attached hydrogens (primary N) is 1. The maximum Gasteiger partial charge on any atom is 0.263 e. The summed E-state index contributed by atoms with van der Waals surface area (Å²) in [4.78, 5) is 14.1. The Bertz CT molecular complexity index is 501. The zero-order valence-corrected chi connectivity index (χ0v) is 12.6. The van der Waals surface area contributed by atoms with Gasteiger partial charge in [-0.1, -0.05) is 13.8 Å². The molecule has 0 saturated carbocycles. The van der Waals surface area contributed by atoms with Crippen molar-refractivity contribution in [1.29, 1.82) is 5.26 Å². The van der Waals surface area contributed by atoms with Crippen LogP contribution >= 0.6 is 11.3 Å². The van der Waals surface area contributed by atoms with Crippen LogP contribution in [0.5, 0.6) is 0 Å². The maximum atomic E-state index is 11.7. The van der Waals surface area contributed by atoms with E-state index in [9.17, 15) is 10.1 Å². The predicted octanol–water partition coefficient (Wildman–Crippen LogP) is 2.04. The van der Waals surface area contributed by atoms with Crippen LogP contribution in [0.3, 0.4) is 0 Å². The molecule has 104 valence electrons. The lowest BCUT2D eigenvalue weighted by molar-refractivity contribution is 0.0968. The van der Waals surface area contributed by atoms with Gasteiger partial charge in [0.05, 0.1) is 5.69 Å². The summed E-state index contributed by atoms with van der Waals surface area (Å²) >= 11 is 1.27. The molecule has 1 heterocycles. The van der Waals surface area contributed by atoms with Crippen LogP contribution in [0, 0.1) is 17.2 Å². The van der Waals surface area contributed by atoms with Crippen LogP contribution in [-0.4, -0.2) is 26.5 Å². The predicted molar refractivity (Wildman–Crippen MR) is 79.6 cm³/mol. The van der Waals surface area contributed by atoms with E-state index in [1.165, 1.54) is 11.3 Å². The van der Waals surface area contributed by atoms with E-state index >= 15 is 0 Å². The molecule has 0 aliphatic rings. The molecule has 0 aliphatic carbocycles. The lowest BCUT2D eigenvalue weighted by atomic mass is 10.1. The van der Waals surface area contributed by atoms with Crippen molar-refractivity contribution in [1.82, 2.24) is 5.32 Å². The number of rotatable bonds is 5. The van der Waals surface area contributed by atoms with Crippen molar-refractivity contribution in [3.63, 3.8) is 0 Å². The van der Waals surface area contributed by atoms with E-state index in [-0.39, 0.29) is 11.6 Å². The highest BCUT2D eigenvalue weighted by atomic mass is 32.1. The molecule has 0 aromatic carbocycles. The number of carbonyl (C=O) groups excluding carboxylic acids is 1. The van der Waals surface area contributed by atoms with Crippen LogP contribution in [0.1, 0.15) is 35.5 Å². The SMILES string of the molecule is CNC(=O)c1sc(N(C)CCC(C)C)c(C#N)c1N. The quantitative estimate of drug-likeness (QED) is 0.864. The average Bonchev–Trinajstić information content (AvgIpc) is 2.72. The fraction of sp³-hybridized carbons (Fsp3) is 0.538. The van der Waals surface area contributed by atoms with Gasteiger partial charge in [-0.05, 0) is 12.3 Å². The Morgan fingerprint density at radius 1 is 1.58 bits per heavy atom. The van der Waals surface area contributed by atoms with Crippen LogP contribution < -0.4 is 16.0 Å². The molecule has 1 aromatic rings. The average molecular weight is 280 g/mol. The molecule has 1 rings (SSSR count). The minimum absolute atomic E-state index is 0.248. The Kier molecular flexibility index (Phi) is 5.19. The molecule has 0 saturated heterocycles. The van der Waals surface area contributed by atoms with Gasteiger partial charge >= 0.3 is 0 Å². The summed E-state index contributed by atoms with van der Waals surface area (Å²) in [6.07, 6.45) is 1.02. The second-order valence-corrected chi connectivity index (χ2v) is 5.82. The van der Waals surface area contributed by atoms with Crippen molar-refractivity contribution >= 4 is 27.9 Å². The summed E-state index contributed by atoms with van der Waals surface area (Å²) in [7, 11) is 3.47. The molecule has 0 unspecified atom stereocenters. The van der Waals surface area contributed by atoms with E-state index in [0.29, 0.717) is 16.4 Å². The fourth-order valence-electron chi connectivity index (χ4n) is 1.64. The van der Waals surface area contributed by atoms with E-state index in [1.807, 2.05) is 11.9 Å². The summed E-state index contributed by atoms with van der Waals surface area (Å²) in [6.45, 7) is 5.13. The van der Waals surface area contributed by atoms with Gasteiger partial charge in [0.2, 0.25) is 0 Å². The molecule has 0 atom stereocenters. The van der Waals surface area contributed by atoms with E-state index in [2.05, 4.69) is 25.2 Å². The van der Waals surface area contributed by atoms with Gasteiger partial charge in [0.15, 0.2) is 0 Å². The Labute approximate surface area is 118 Å². The third-order valence-corrected chi connectivity index (χ3v) is 4.18. The first-order valence-electron chi connectivity index (χ1n) is 6.17. The second-order valence-electron chi connectivity index (χ2n) is 4.82. The van der Waals surface area contributed by atoms with Crippen LogP contribution in [-0.2, 0) is 0 Å². The van der Waals surface area contributed by atoms with Gasteiger partial charge in [-0.2, -0.15) is 5.26 Å². The van der Waals surface area contributed by atoms with Crippen molar-refractivity contribution in [2.75, 3.05) is 31.3 Å².